The van der Waals surface area contributed by atoms with Crippen LogP contribution in [-0.2, 0) is 28.5 Å². The van der Waals surface area contributed by atoms with E-state index in [0.29, 0.717) is 25.3 Å². The van der Waals surface area contributed by atoms with Crippen LogP contribution >= 0.6 is 0 Å². The number of hydrogen-bond donors (Lipinski definition) is 2. The molecule has 0 aromatic rings. The summed E-state index contributed by atoms with van der Waals surface area (Å²) >= 11 is 0. The Hall–Kier alpha value is -1.74. The average molecular weight is 417 g/mol. The standard InChI is InChI=1S/C11H21NO3.C10H19NO3/c1-5-9(12-10(13)6-2)11(14-7-3)15-8-4;1-8(2)10(12)11-7-5-6-9(13-3)14-4/h6,9,11H,2,5,7-8H2,1,3-4H3,(H,12,13);9H,1,5-7H2,2-4H3,(H,11,12). The van der Waals surface area contributed by atoms with E-state index in [2.05, 4.69) is 23.8 Å². The largest absolute Gasteiger partial charge is 0.356 e. The Bertz CT molecular complexity index is 460. The predicted octanol–water partition coefficient (Wildman–Crippen LogP) is 2.54. The number of amides is 2. The van der Waals surface area contributed by atoms with Crippen molar-refractivity contribution in [2.24, 2.45) is 0 Å². The highest BCUT2D eigenvalue weighted by molar-refractivity contribution is 5.92. The maximum Gasteiger partial charge on any atom is 0.246 e. The fraction of sp³-hybridized carbons (Fsp3) is 0.714. The van der Waals surface area contributed by atoms with Crippen molar-refractivity contribution in [2.45, 2.75) is 65.6 Å². The summed E-state index contributed by atoms with van der Waals surface area (Å²) in [5, 5.41) is 5.52. The highest BCUT2D eigenvalue weighted by atomic mass is 16.7. The van der Waals surface area contributed by atoms with Gasteiger partial charge in [-0.05, 0) is 39.7 Å². The lowest BCUT2D eigenvalue weighted by molar-refractivity contribution is -0.157. The van der Waals surface area contributed by atoms with Gasteiger partial charge in [0.05, 0.1) is 6.04 Å². The summed E-state index contributed by atoms with van der Waals surface area (Å²) in [4.78, 5) is 22.2. The van der Waals surface area contributed by atoms with E-state index in [1.54, 1.807) is 21.1 Å². The molecule has 29 heavy (non-hydrogen) atoms. The molecule has 0 fully saturated rings. The molecule has 0 aliphatic carbocycles. The van der Waals surface area contributed by atoms with Crippen molar-refractivity contribution in [3.05, 3.63) is 24.8 Å². The van der Waals surface area contributed by atoms with Crippen LogP contribution in [0.5, 0.6) is 0 Å². The van der Waals surface area contributed by atoms with E-state index in [4.69, 9.17) is 18.9 Å². The Kier molecular flexibility index (Phi) is 19.9. The summed E-state index contributed by atoms with van der Waals surface area (Å²) in [6.45, 7) is 16.1. The highest BCUT2D eigenvalue weighted by Gasteiger charge is 2.21. The van der Waals surface area contributed by atoms with Gasteiger partial charge in [0.15, 0.2) is 12.6 Å². The second kappa shape index (κ2) is 19.6. The van der Waals surface area contributed by atoms with E-state index in [-0.39, 0.29) is 30.4 Å². The second-order valence-corrected chi connectivity index (χ2v) is 6.09. The molecule has 8 nitrogen and oxygen atoms in total. The van der Waals surface area contributed by atoms with Crippen molar-refractivity contribution in [1.29, 1.82) is 0 Å². The zero-order chi connectivity index (χ0) is 22.7. The number of methoxy groups -OCH3 is 2. The van der Waals surface area contributed by atoms with Crippen LogP contribution in [0.1, 0.15) is 47.0 Å². The van der Waals surface area contributed by atoms with Crippen LogP contribution < -0.4 is 10.6 Å². The molecule has 0 saturated carbocycles. The minimum atomic E-state index is -0.381. The van der Waals surface area contributed by atoms with Crippen LogP contribution in [0.4, 0.5) is 0 Å². The van der Waals surface area contributed by atoms with Crippen LogP contribution in [0, 0.1) is 0 Å². The van der Waals surface area contributed by atoms with Crippen LogP contribution in [0.15, 0.2) is 24.8 Å². The Morgan fingerprint density at radius 2 is 1.62 bits per heavy atom. The fourth-order valence-electron chi connectivity index (χ4n) is 2.17. The molecular formula is C21H40N2O6. The van der Waals surface area contributed by atoms with Crippen LogP contribution in [0.2, 0.25) is 0 Å². The molecule has 0 heterocycles. The molecule has 0 aromatic carbocycles. The maximum absolute atomic E-state index is 11.2. The van der Waals surface area contributed by atoms with Gasteiger partial charge in [0.2, 0.25) is 11.8 Å². The van der Waals surface area contributed by atoms with E-state index in [1.165, 1.54) is 6.08 Å². The lowest BCUT2D eigenvalue weighted by atomic mass is 10.2. The molecule has 0 radical (unpaired) electrons. The van der Waals surface area contributed by atoms with Gasteiger partial charge in [0.1, 0.15) is 0 Å². The zero-order valence-electron chi connectivity index (χ0n) is 18.9. The molecule has 0 spiro atoms. The minimum Gasteiger partial charge on any atom is -0.356 e. The summed E-state index contributed by atoms with van der Waals surface area (Å²) in [5.74, 6) is -0.303. The Balaban J connectivity index is 0. The van der Waals surface area contributed by atoms with E-state index >= 15 is 0 Å². The molecule has 0 saturated heterocycles. The van der Waals surface area contributed by atoms with E-state index < -0.39 is 0 Å². The second-order valence-electron chi connectivity index (χ2n) is 6.09. The zero-order valence-corrected chi connectivity index (χ0v) is 18.9. The monoisotopic (exact) mass is 416 g/mol. The molecule has 1 unspecified atom stereocenters. The van der Waals surface area contributed by atoms with Crippen molar-refractivity contribution in [3.8, 4) is 0 Å². The summed E-state index contributed by atoms with van der Waals surface area (Å²) in [6, 6.07) is -0.129. The molecule has 170 valence electrons. The summed E-state index contributed by atoms with van der Waals surface area (Å²) in [7, 11) is 3.20. The maximum atomic E-state index is 11.2. The Morgan fingerprint density at radius 1 is 1.07 bits per heavy atom. The van der Waals surface area contributed by atoms with Crippen molar-refractivity contribution >= 4 is 11.8 Å². The third kappa shape index (κ3) is 15.8. The molecule has 0 rings (SSSR count). The topological polar surface area (TPSA) is 95.1 Å². The number of ether oxygens (including phenoxy) is 4. The molecule has 2 amide bonds. The third-order valence-electron chi connectivity index (χ3n) is 3.76. The predicted molar refractivity (Wildman–Crippen MR) is 114 cm³/mol. The van der Waals surface area contributed by atoms with Gasteiger partial charge in [-0.25, -0.2) is 0 Å². The lowest BCUT2D eigenvalue weighted by Gasteiger charge is -2.26. The van der Waals surface area contributed by atoms with Crippen LogP contribution in [0.25, 0.3) is 0 Å². The molecule has 0 aromatic heterocycles. The number of rotatable bonds is 15. The first kappa shape index (κ1) is 29.5. The minimum absolute atomic E-state index is 0.101. The molecule has 0 bridgehead atoms. The number of nitrogens with one attached hydrogen (secondary N) is 2. The van der Waals surface area contributed by atoms with Gasteiger partial charge in [0, 0.05) is 46.0 Å². The van der Waals surface area contributed by atoms with Crippen LogP contribution in [0.3, 0.4) is 0 Å². The van der Waals surface area contributed by atoms with Gasteiger partial charge < -0.3 is 29.6 Å². The van der Waals surface area contributed by atoms with Crippen molar-refractivity contribution < 1.29 is 28.5 Å². The van der Waals surface area contributed by atoms with Gasteiger partial charge in [-0.1, -0.05) is 20.1 Å². The number of carbonyl (C=O) groups is 2. The molecular weight excluding hydrogens is 376 g/mol. The van der Waals surface area contributed by atoms with E-state index in [0.717, 1.165) is 19.3 Å². The number of hydrogen-bond acceptors (Lipinski definition) is 6. The lowest BCUT2D eigenvalue weighted by Crippen LogP contribution is -2.45. The van der Waals surface area contributed by atoms with Gasteiger partial charge in [0.25, 0.3) is 0 Å². The average Bonchev–Trinajstić information content (AvgIpc) is 2.72. The van der Waals surface area contributed by atoms with Gasteiger partial charge in [-0.2, -0.15) is 0 Å². The molecule has 2 N–H and O–H groups in total. The summed E-state index contributed by atoms with van der Waals surface area (Å²) in [5.41, 5.74) is 0.528. The first-order valence-electron chi connectivity index (χ1n) is 9.96. The summed E-state index contributed by atoms with van der Waals surface area (Å²) in [6.07, 6.45) is 3.03. The number of carbonyl (C=O) groups excluding carboxylic acids is 2. The first-order valence-corrected chi connectivity index (χ1v) is 9.96. The molecule has 0 aliphatic rings. The normalized spacial score (nSPS) is 11.4. The fourth-order valence-corrected chi connectivity index (χ4v) is 2.17. The Labute approximate surface area is 176 Å². The van der Waals surface area contributed by atoms with Crippen molar-refractivity contribution in [3.63, 3.8) is 0 Å². The Morgan fingerprint density at radius 3 is 2.00 bits per heavy atom. The van der Waals surface area contributed by atoms with Gasteiger partial charge in [-0.15, -0.1) is 0 Å². The van der Waals surface area contributed by atoms with Crippen molar-refractivity contribution in [2.75, 3.05) is 34.0 Å². The smallest absolute Gasteiger partial charge is 0.246 e. The van der Waals surface area contributed by atoms with Gasteiger partial charge >= 0.3 is 0 Å². The van der Waals surface area contributed by atoms with E-state index in [9.17, 15) is 9.59 Å². The highest BCUT2D eigenvalue weighted by Crippen LogP contribution is 2.06. The molecule has 0 aliphatic heterocycles. The van der Waals surface area contributed by atoms with Gasteiger partial charge in [-0.3, -0.25) is 9.59 Å². The first-order chi connectivity index (χ1) is 13.8. The summed E-state index contributed by atoms with van der Waals surface area (Å²) < 4.78 is 20.8. The quantitative estimate of drug-likeness (QED) is 0.242. The third-order valence-corrected chi connectivity index (χ3v) is 3.76. The van der Waals surface area contributed by atoms with E-state index in [1.807, 2.05) is 20.8 Å². The molecule has 8 heteroatoms. The van der Waals surface area contributed by atoms with Crippen molar-refractivity contribution in [1.82, 2.24) is 10.6 Å². The molecule has 1 atom stereocenters. The van der Waals surface area contributed by atoms with Crippen LogP contribution in [-0.4, -0.2) is 64.4 Å². The SMILES string of the molecule is C=C(C)C(=O)NCCCC(OC)OC.C=CC(=O)NC(CC)C(OCC)OCC.